The van der Waals surface area contributed by atoms with Crippen molar-refractivity contribution in [2.45, 2.75) is 39.2 Å². The van der Waals surface area contributed by atoms with E-state index < -0.39 is 0 Å². The summed E-state index contributed by atoms with van der Waals surface area (Å²) in [5.74, 6) is 0.332. The van der Waals surface area contributed by atoms with E-state index in [1.54, 1.807) is 24.3 Å². The van der Waals surface area contributed by atoms with E-state index in [-0.39, 0.29) is 17.7 Å². The Labute approximate surface area is 108 Å². The second-order valence-corrected chi connectivity index (χ2v) is 5.09. The highest BCUT2D eigenvalue weighted by Gasteiger charge is 2.26. The van der Waals surface area contributed by atoms with E-state index in [1.807, 2.05) is 0 Å². The smallest absolute Gasteiger partial charge is 0.252 e. The van der Waals surface area contributed by atoms with Gasteiger partial charge in [-0.1, -0.05) is 31.5 Å². The maximum Gasteiger partial charge on any atom is 0.252 e. The third-order valence-corrected chi connectivity index (χ3v) is 3.73. The van der Waals surface area contributed by atoms with Gasteiger partial charge in [0.25, 0.3) is 5.91 Å². The summed E-state index contributed by atoms with van der Waals surface area (Å²) in [6.45, 7) is 3.65. The molecule has 1 fully saturated rings. The van der Waals surface area contributed by atoms with Crippen LogP contribution in [-0.2, 0) is 0 Å². The zero-order valence-electron chi connectivity index (χ0n) is 10.9. The number of Topliss-reactive ketones (excluding diaryl/α,β-unsaturated/α-hetero) is 1. The third kappa shape index (κ3) is 2.61. The number of hydrogen-bond acceptors (Lipinski definition) is 2. The summed E-state index contributed by atoms with van der Waals surface area (Å²) in [5, 5.41) is 3.05. The van der Waals surface area contributed by atoms with Crippen molar-refractivity contribution in [2.24, 2.45) is 5.92 Å². The molecule has 0 aliphatic heterocycles. The van der Waals surface area contributed by atoms with Crippen molar-refractivity contribution in [1.82, 2.24) is 5.32 Å². The van der Waals surface area contributed by atoms with Crippen LogP contribution in [0, 0.1) is 5.92 Å². The molecule has 0 aromatic heterocycles. The minimum Gasteiger partial charge on any atom is -0.349 e. The van der Waals surface area contributed by atoms with Gasteiger partial charge >= 0.3 is 0 Å². The molecule has 1 N–H and O–H groups in total. The van der Waals surface area contributed by atoms with Crippen molar-refractivity contribution in [3.05, 3.63) is 35.4 Å². The molecule has 0 bridgehead atoms. The molecule has 0 spiro atoms. The van der Waals surface area contributed by atoms with Crippen LogP contribution in [0.2, 0.25) is 0 Å². The molecule has 1 aliphatic carbocycles. The molecule has 0 saturated heterocycles. The number of hydrogen-bond donors (Lipinski definition) is 1. The Morgan fingerprint density at radius 3 is 2.39 bits per heavy atom. The lowest BCUT2D eigenvalue weighted by molar-refractivity contribution is 0.0918. The quantitative estimate of drug-likeness (QED) is 0.832. The van der Waals surface area contributed by atoms with E-state index in [4.69, 9.17) is 0 Å². The number of amides is 1. The number of carbonyl (C=O) groups excluding carboxylic acids is 2. The van der Waals surface area contributed by atoms with Crippen molar-refractivity contribution in [3.63, 3.8) is 0 Å². The molecule has 3 heteroatoms. The van der Waals surface area contributed by atoms with Crippen LogP contribution in [0.5, 0.6) is 0 Å². The fourth-order valence-corrected chi connectivity index (χ4v) is 2.59. The fourth-order valence-electron chi connectivity index (χ4n) is 2.59. The fraction of sp³-hybridized carbons (Fsp3) is 0.467. The molecule has 3 nitrogen and oxygen atoms in total. The van der Waals surface area contributed by atoms with Gasteiger partial charge in [0.15, 0.2) is 5.78 Å². The van der Waals surface area contributed by atoms with Crippen LogP contribution in [-0.4, -0.2) is 17.7 Å². The molecule has 1 saturated carbocycles. The molecule has 0 radical (unpaired) electrons. The summed E-state index contributed by atoms with van der Waals surface area (Å²) in [4.78, 5) is 23.7. The molecule has 96 valence electrons. The summed E-state index contributed by atoms with van der Waals surface area (Å²) in [6.07, 6.45) is 3.37. The highest BCUT2D eigenvalue weighted by molar-refractivity contribution is 6.07. The summed E-state index contributed by atoms with van der Waals surface area (Å²) >= 11 is 0. The molecule has 18 heavy (non-hydrogen) atoms. The zero-order chi connectivity index (χ0) is 13.1. The lowest BCUT2D eigenvalue weighted by atomic mass is 10.0. The summed E-state index contributed by atoms with van der Waals surface area (Å²) in [6, 6.07) is 7.24. The number of carbonyl (C=O) groups is 2. The van der Waals surface area contributed by atoms with Crippen molar-refractivity contribution in [3.8, 4) is 0 Å². The third-order valence-electron chi connectivity index (χ3n) is 3.73. The highest BCUT2D eigenvalue weighted by Crippen LogP contribution is 2.25. The Hall–Kier alpha value is -1.64. The maximum atomic E-state index is 12.2. The minimum atomic E-state index is -0.125. The topological polar surface area (TPSA) is 46.2 Å². The van der Waals surface area contributed by atoms with Gasteiger partial charge in [-0.25, -0.2) is 0 Å². The van der Waals surface area contributed by atoms with E-state index in [0.29, 0.717) is 17.0 Å². The van der Waals surface area contributed by atoms with Gasteiger partial charge in [0.05, 0.1) is 5.56 Å². The van der Waals surface area contributed by atoms with Crippen molar-refractivity contribution >= 4 is 11.7 Å². The first-order valence-electron chi connectivity index (χ1n) is 6.50. The molecule has 2 unspecified atom stereocenters. The Morgan fingerprint density at radius 1 is 1.17 bits per heavy atom. The highest BCUT2D eigenvalue weighted by atomic mass is 16.2. The van der Waals surface area contributed by atoms with Gasteiger partial charge in [0.2, 0.25) is 0 Å². The average Bonchev–Trinajstić information content (AvgIpc) is 2.75. The maximum absolute atomic E-state index is 12.2. The first-order chi connectivity index (χ1) is 8.59. The second-order valence-electron chi connectivity index (χ2n) is 5.09. The number of benzene rings is 1. The summed E-state index contributed by atoms with van der Waals surface area (Å²) in [5.41, 5.74) is 0.991. The second kappa shape index (κ2) is 5.34. The van der Waals surface area contributed by atoms with Crippen LogP contribution >= 0.6 is 0 Å². The largest absolute Gasteiger partial charge is 0.349 e. The minimum absolute atomic E-state index is 0.0692. The average molecular weight is 245 g/mol. The molecule has 0 heterocycles. The lowest BCUT2D eigenvalue weighted by Crippen LogP contribution is -2.37. The predicted octanol–water partition coefficient (Wildman–Crippen LogP) is 2.81. The van der Waals surface area contributed by atoms with Gasteiger partial charge in [-0.15, -0.1) is 0 Å². The molecule has 2 rings (SSSR count). The Bertz CT molecular complexity index is 467. The summed E-state index contributed by atoms with van der Waals surface area (Å²) < 4.78 is 0. The van der Waals surface area contributed by atoms with Crippen LogP contribution in [0.1, 0.15) is 53.8 Å². The Morgan fingerprint density at radius 2 is 1.83 bits per heavy atom. The van der Waals surface area contributed by atoms with Crippen molar-refractivity contribution < 1.29 is 9.59 Å². The van der Waals surface area contributed by atoms with Crippen molar-refractivity contribution in [2.75, 3.05) is 0 Å². The molecule has 1 aliphatic rings. The number of rotatable bonds is 3. The van der Waals surface area contributed by atoms with Crippen LogP contribution < -0.4 is 5.32 Å². The van der Waals surface area contributed by atoms with E-state index in [1.165, 1.54) is 19.8 Å². The molecular weight excluding hydrogens is 226 g/mol. The van der Waals surface area contributed by atoms with Crippen LogP contribution in [0.4, 0.5) is 0 Å². The van der Waals surface area contributed by atoms with Crippen LogP contribution in [0.25, 0.3) is 0 Å². The van der Waals surface area contributed by atoms with Crippen LogP contribution in [0.3, 0.4) is 0 Å². The number of ketones is 1. The van der Waals surface area contributed by atoms with E-state index in [9.17, 15) is 9.59 Å². The van der Waals surface area contributed by atoms with Crippen LogP contribution in [0.15, 0.2) is 24.3 Å². The number of nitrogens with one attached hydrogen (secondary N) is 1. The van der Waals surface area contributed by atoms with Gasteiger partial charge in [-0.3, -0.25) is 9.59 Å². The van der Waals surface area contributed by atoms with Crippen molar-refractivity contribution in [1.29, 1.82) is 0 Å². The van der Waals surface area contributed by atoms with Gasteiger partial charge in [0.1, 0.15) is 0 Å². The van der Waals surface area contributed by atoms with E-state index >= 15 is 0 Å². The monoisotopic (exact) mass is 245 g/mol. The molecule has 2 atom stereocenters. The first kappa shape index (κ1) is 12.8. The molecule has 1 aromatic rings. The van der Waals surface area contributed by atoms with Gasteiger partial charge in [-0.05, 0) is 31.7 Å². The zero-order valence-corrected chi connectivity index (χ0v) is 10.9. The molecular formula is C15H19NO2. The molecule has 1 aromatic carbocycles. The lowest BCUT2D eigenvalue weighted by Gasteiger charge is -2.18. The SMILES string of the molecule is CC(=O)c1ccccc1C(=O)NC1CCCC1C. The van der Waals surface area contributed by atoms with Gasteiger partial charge < -0.3 is 5.32 Å². The Kier molecular flexibility index (Phi) is 3.80. The van der Waals surface area contributed by atoms with E-state index in [0.717, 1.165) is 6.42 Å². The van der Waals surface area contributed by atoms with Gasteiger partial charge in [-0.2, -0.15) is 0 Å². The standard InChI is InChI=1S/C15H19NO2/c1-10-6-5-9-14(10)16-15(18)13-8-4-3-7-12(13)11(2)17/h3-4,7-8,10,14H,5-6,9H2,1-2H3,(H,16,18). The van der Waals surface area contributed by atoms with Gasteiger partial charge in [0, 0.05) is 11.6 Å². The normalized spacial score (nSPS) is 22.8. The first-order valence-corrected chi connectivity index (χ1v) is 6.50. The summed E-state index contributed by atoms with van der Waals surface area (Å²) in [7, 11) is 0. The molecule has 1 amide bonds. The predicted molar refractivity (Wildman–Crippen MR) is 70.7 cm³/mol. The Balaban J connectivity index is 2.16. The van der Waals surface area contributed by atoms with E-state index in [2.05, 4.69) is 12.2 Å².